The van der Waals surface area contributed by atoms with Crippen LogP contribution < -0.4 is 11.6 Å². The molecule has 0 aromatic heterocycles. The average molecular weight is 481 g/mol. The van der Waals surface area contributed by atoms with Crippen molar-refractivity contribution in [1.29, 1.82) is 0 Å². The van der Waals surface area contributed by atoms with E-state index in [0.717, 1.165) is 24.2 Å². The number of aryl methyl sites for hydroxylation is 1. The number of nitrogens with zero attached hydrogens (tertiary/aromatic N) is 4. The van der Waals surface area contributed by atoms with Crippen molar-refractivity contribution in [3.05, 3.63) is 46.4 Å². The lowest BCUT2D eigenvalue weighted by Gasteiger charge is -2.35. The Morgan fingerprint density at radius 2 is 1.85 bits per heavy atom. The molecule has 1 aromatic carbocycles. The molecular formula is C23H37ClN6O3. The zero-order valence-corrected chi connectivity index (χ0v) is 21.1. The summed E-state index contributed by atoms with van der Waals surface area (Å²) in [6, 6.07) is 5.72. The van der Waals surface area contributed by atoms with Gasteiger partial charge in [0, 0.05) is 51.2 Å². The molecule has 184 valence electrons. The predicted molar refractivity (Wildman–Crippen MR) is 130 cm³/mol. The number of nitrogens with two attached hydrogens (primary N) is 2. The molecule has 0 spiro atoms. The fourth-order valence-corrected chi connectivity index (χ4v) is 3.60. The molecule has 0 radical (unpaired) electrons. The van der Waals surface area contributed by atoms with Crippen molar-refractivity contribution in [3.63, 3.8) is 0 Å². The third-order valence-corrected chi connectivity index (χ3v) is 5.69. The van der Waals surface area contributed by atoms with Crippen molar-refractivity contribution in [2.75, 3.05) is 39.3 Å². The number of hydrogen-bond acceptors (Lipinski definition) is 7. The van der Waals surface area contributed by atoms with E-state index in [1.807, 2.05) is 30.0 Å². The first kappa shape index (κ1) is 26.8. The first-order valence-electron chi connectivity index (χ1n) is 11.1. The van der Waals surface area contributed by atoms with Gasteiger partial charge in [-0.1, -0.05) is 23.7 Å². The normalized spacial score (nSPS) is 15.4. The molecule has 2 rings (SSSR count). The molecule has 1 aromatic rings. The highest BCUT2D eigenvalue weighted by molar-refractivity contribution is 6.31. The zero-order valence-electron chi connectivity index (χ0n) is 20.3. The standard InChI is InChI=1S/C23H37ClN6O3/c1-17-6-7-19(14-20(17)24)15-29(26)16-21(25)30(22(32)33-23(3,4)5)13-10-27-8-11-28(12-9-27)18(2)31/h6-7,14,16H,8-13,15,25-26H2,1-5H3/b21-16+. The van der Waals surface area contributed by atoms with Gasteiger partial charge in [0.15, 0.2) is 0 Å². The number of carbonyl (C=O) groups excluding carboxylic acids is 2. The van der Waals surface area contributed by atoms with Crippen LogP contribution in [-0.2, 0) is 16.1 Å². The number of piperazine rings is 1. The van der Waals surface area contributed by atoms with Crippen LogP contribution in [0, 0.1) is 6.92 Å². The molecule has 10 heteroatoms. The van der Waals surface area contributed by atoms with Crippen LogP contribution in [0.5, 0.6) is 0 Å². The fourth-order valence-electron chi connectivity index (χ4n) is 3.40. The van der Waals surface area contributed by atoms with Crippen LogP contribution in [0.15, 0.2) is 30.2 Å². The van der Waals surface area contributed by atoms with Crippen LogP contribution in [0.1, 0.15) is 38.8 Å². The van der Waals surface area contributed by atoms with E-state index in [1.54, 1.807) is 27.7 Å². The Balaban J connectivity index is 2.07. The number of rotatable bonds is 7. The molecule has 1 aliphatic rings. The maximum Gasteiger partial charge on any atom is 0.416 e. The van der Waals surface area contributed by atoms with E-state index >= 15 is 0 Å². The summed E-state index contributed by atoms with van der Waals surface area (Å²) in [6.45, 7) is 13.0. The monoisotopic (exact) mass is 480 g/mol. The summed E-state index contributed by atoms with van der Waals surface area (Å²) in [5, 5.41) is 2.08. The maximum atomic E-state index is 12.9. The van der Waals surface area contributed by atoms with Gasteiger partial charge in [-0.2, -0.15) is 0 Å². The summed E-state index contributed by atoms with van der Waals surface area (Å²) in [5.41, 5.74) is 7.53. The van der Waals surface area contributed by atoms with Crippen molar-refractivity contribution in [2.45, 2.75) is 46.8 Å². The van der Waals surface area contributed by atoms with Crippen LogP contribution in [-0.4, -0.2) is 76.6 Å². The van der Waals surface area contributed by atoms with Crippen molar-refractivity contribution < 1.29 is 14.3 Å². The smallest absolute Gasteiger partial charge is 0.416 e. The number of amides is 2. The Hall–Kier alpha value is -2.49. The van der Waals surface area contributed by atoms with E-state index in [9.17, 15) is 9.59 Å². The van der Waals surface area contributed by atoms with Crippen LogP contribution in [0.3, 0.4) is 0 Å². The van der Waals surface area contributed by atoms with Gasteiger partial charge in [-0.3, -0.25) is 14.6 Å². The minimum atomic E-state index is -0.663. The minimum Gasteiger partial charge on any atom is -0.443 e. The molecule has 9 nitrogen and oxygen atoms in total. The van der Waals surface area contributed by atoms with E-state index in [2.05, 4.69) is 4.90 Å². The molecule has 33 heavy (non-hydrogen) atoms. The molecule has 0 unspecified atom stereocenters. The van der Waals surface area contributed by atoms with Crippen molar-refractivity contribution in [3.8, 4) is 0 Å². The SMILES string of the molecule is CC(=O)N1CCN(CCN(C(=O)OC(C)(C)C)/C(N)=C/N(N)Cc2ccc(C)c(Cl)c2)CC1. The lowest BCUT2D eigenvalue weighted by atomic mass is 10.1. The van der Waals surface area contributed by atoms with Gasteiger partial charge in [0.05, 0.1) is 12.7 Å². The number of hydrogen-bond donors (Lipinski definition) is 2. The second kappa shape index (κ2) is 11.6. The molecular weight excluding hydrogens is 444 g/mol. The first-order valence-corrected chi connectivity index (χ1v) is 11.5. The number of ether oxygens (including phenoxy) is 1. The van der Waals surface area contributed by atoms with Crippen LogP contribution >= 0.6 is 11.6 Å². The van der Waals surface area contributed by atoms with Crippen molar-refractivity contribution in [1.82, 2.24) is 19.7 Å². The highest BCUT2D eigenvalue weighted by Crippen LogP contribution is 2.18. The summed E-state index contributed by atoms with van der Waals surface area (Å²) in [4.78, 5) is 29.8. The number of benzene rings is 1. The zero-order chi connectivity index (χ0) is 24.8. The quantitative estimate of drug-likeness (QED) is 0.455. The summed E-state index contributed by atoms with van der Waals surface area (Å²) in [7, 11) is 0. The third kappa shape index (κ3) is 8.75. The molecule has 1 fully saturated rings. The van der Waals surface area contributed by atoms with E-state index in [-0.39, 0.29) is 11.7 Å². The van der Waals surface area contributed by atoms with Crippen molar-refractivity contribution in [2.24, 2.45) is 11.6 Å². The molecule has 1 aliphatic heterocycles. The van der Waals surface area contributed by atoms with Crippen LogP contribution in [0.2, 0.25) is 5.02 Å². The van der Waals surface area contributed by atoms with Gasteiger partial charge in [-0.25, -0.2) is 10.6 Å². The molecule has 4 N–H and O–H groups in total. The van der Waals surface area contributed by atoms with Crippen LogP contribution in [0.25, 0.3) is 0 Å². The van der Waals surface area contributed by atoms with Gasteiger partial charge in [-0.15, -0.1) is 0 Å². The topological polar surface area (TPSA) is 108 Å². The second-order valence-electron chi connectivity index (χ2n) is 9.29. The Kier molecular flexibility index (Phi) is 9.39. The number of halogens is 1. The van der Waals surface area contributed by atoms with Gasteiger partial charge >= 0.3 is 6.09 Å². The fraction of sp³-hybridized carbons (Fsp3) is 0.565. The summed E-state index contributed by atoms with van der Waals surface area (Å²) >= 11 is 6.20. The largest absolute Gasteiger partial charge is 0.443 e. The van der Waals surface area contributed by atoms with E-state index < -0.39 is 11.7 Å². The molecule has 0 bridgehead atoms. The Labute approximate surface area is 201 Å². The summed E-state index contributed by atoms with van der Waals surface area (Å²) < 4.78 is 5.56. The molecule has 1 heterocycles. The Morgan fingerprint density at radius 1 is 1.21 bits per heavy atom. The minimum absolute atomic E-state index is 0.0788. The lowest BCUT2D eigenvalue weighted by molar-refractivity contribution is -0.130. The highest BCUT2D eigenvalue weighted by atomic mass is 35.5. The van der Waals surface area contributed by atoms with Gasteiger partial charge in [0.2, 0.25) is 5.91 Å². The highest BCUT2D eigenvalue weighted by Gasteiger charge is 2.26. The van der Waals surface area contributed by atoms with Gasteiger partial charge in [-0.05, 0) is 44.9 Å². The molecule has 0 aliphatic carbocycles. The van der Waals surface area contributed by atoms with Gasteiger partial charge in [0.1, 0.15) is 11.4 Å². The Bertz CT molecular complexity index is 862. The van der Waals surface area contributed by atoms with Crippen molar-refractivity contribution >= 4 is 23.6 Å². The number of hydrazine groups is 1. The van der Waals surface area contributed by atoms with E-state index in [0.29, 0.717) is 37.7 Å². The molecule has 2 amide bonds. The first-order chi connectivity index (χ1) is 15.4. The Morgan fingerprint density at radius 3 is 2.39 bits per heavy atom. The van der Waals surface area contributed by atoms with E-state index in [1.165, 1.54) is 16.1 Å². The average Bonchev–Trinajstić information content (AvgIpc) is 2.69. The maximum absolute atomic E-state index is 12.9. The predicted octanol–water partition coefficient (Wildman–Crippen LogP) is 2.48. The second-order valence-corrected chi connectivity index (χ2v) is 9.70. The lowest BCUT2D eigenvalue weighted by Crippen LogP contribution is -2.50. The molecule has 0 atom stereocenters. The summed E-state index contributed by atoms with van der Waals surface area (Å²) in [5.74, 6) is 6.42. The molecule has 0 saturated carbocycles. The van der Waals surface area contributed by atoms with Gasteiger partial charge in [0.25, 0.3) is 0 Å². The van der Waals surface area contributed by atoms with Crippen LogP contribution in [0.4, 0.5) is 4.79 Å². The number of carbonyl (C=O) groups is 2. The summed E-state index contributed by atoms with van der Waals surface area (Å²) in [6.07, 6.45) is 0.983. The van der Waals surface area contributed by atoms with Gasteiger partial charge < -0.3 is 20.4 Å². The van der Waals surface area contributed by atoms with E-state index in [4.69, 9.17) is 27.9 Å². The third-order valence-electron chi connectivity index (χ3n) is 5.28. The molecule has 1 saturated heterocycles.